The molecule has 0 amide bonds. The fraction of sp³-hybridized carbons (Fsp3) is 0.474. The van der Waals surface area contributed by atoms with Gasteiger partial charge in [0.1, 0.15) is 17.1 Å². The van der Waals surface area contributed by atoms with Crippen LogP contribution >= 0.6 is 0 Å². The Morgan fingerprint density at radius 2 is 1.80 bits per heavy atom. The van der Waals surface area contributed by atoms with Crippen molar-refractivity contribution in [2.24, 2.45) is 0 Å². The summed E-state index contributed by atoms with van der Waals surface area (Å²) in [5.41, 5.74) is -0.207. The molecule has 0 aliphatic rings. The molecule has 1 aromatic heterocycles. The van der Waals surface area contributed by atoms with Gasteiger partial charge in [0.05, 0.1) is 24.7 Å². The summed E-state index contributed by atoms with van der Waals surface area (Å²) in [6.07, 6.45) is 5.06. The van der Waals surface area contributed by atoms with E-state index in [1.807, 2.05) is 0 Å². The molecule has 5 nitrogen and oxygen atoms in total. The first-order chi connectivity index (χ1) is 12.1. The number of unbranched alkanes of at least 4 members (excludes halogenated alkanes) is 4. The maximum Gasteiger partial charge on any atom is 0.339 e. The van der Waals surface area contributed by atoms with Gasteiger partial charge < -0.3 is 13.9 Å². The minimum Gasteiger partial charge on any atom is -0.493 e. The Morgan fingerprint density at radius 3 is 2.56 bits per heavy atom. The van der Waals surface area contributed by atoms with Crippen molar-refractivity contribution in [1.29, 1.82) is 0 Å². The van der Waals surface area contributed by atoms with Gasteiger partial charge in [0.25, 0.3) is 0 Å². The average molecular weight is 350 g/mol. The number of halogens is 1. The lowest BCUT2D eigenvalue weighted by Gasteiger charge is -2.08. The lowest BCUT2D eigenvalue weighted by atomic mass is 10.1. The second-order valence-corrected chi connectivity index (χ2v) is 5.76. The van der Waals surface area contributed by atoms with E-state index in [1.54, 1.807) is 6.92 Å². The third-order valence-electron chi connectivity index (χ3n) is 3.76. The number of hydrogen-bond donors (Lipinski definition) is 0. The van der Waals surface area contributed by atoms with Crippen molar-refractivity contribution in [3.05, 3.63) is 40.5 Å². The first-order valence-corrected chi connectivity index (χ1v) is 8.62. The van der Waals surface area contributed by atoms with Crippen molar-refractivity contribution in [3.8, 4) is 5.75 Å². The molecule has 0 bridgehead atoms. The van der Waals surface area contributed by atoms with Crippen LogP contribution in [0.2, 0.25) is 0 Å². The Hall–Kier alpha value is -2.37. The number of ether oxygens (including phenoxy) is 2. The monoisotopic (exact) mass is 350 g/mol. The zero-order valence-corrected chi connectivity index (χ0v) is 14.4. The zero-order valence-electron chi connectivity index (χ0n) is 14.4. The summed E-state index contributed by atoms with van der Waals surface area (Å²) in [6.45, 7) is 2.69. The van der Waals surface area contributed by atoms with Crippen molar-refractivity contribution < 1.29 is 23.1 Å². The number of carbonyl (C=O) groups is 1. The fourth-order valence-corrected chi connectivity index (χ4v) is 2.43. The SMILES string of the molecule is CCC(=O)OCCCCCCCOc1cc(=O)oc2ccc(F)cc12. The minimum atomic E-state index is -0.518. The normalized spacial score (nSPS) is 10.8. The van der Waals surface area contributed by atoms with Crippen LogP contribution in [0.15, 0.2) is 33.5 Å². The first-order valence-electron chi connectivity index (χ1n) is 8.62. The van der Waals surface area contributed by atoms with Crippen LogP contribution in [0, 0.1) is 5.82 Å². The van der Waals surface area contributed by atoms with Crippen molar-refractivity contribution in [1.82, 2.24) is 0 Å². The molecule has 1 aromatic carbocycles. The van der Waals surface area contributed by atoms with Crippen molar-refractivity contribution in [2.75, 3.05) is 13.2 Å². The molecule has 0 aliphatic carbocycles. The molecule has 0 unspecified atom stereocenters. The molecule has 0 fully saturated rings. The van der Waals surface area contributed by atoms with Crippen LogP contribution in [0.5, 0.6) is 5.75 Å². The van der Waals surface area contributed by atoms with E-state index >= 15 is 0 Å². The Morgan fingerprint density at radius 1 is 1.08 bits per heavy atom. The van der Waals surface area contributed by atoms with E-state index < -0.39 is 11.4 Å². The van der Waals surface area contributed by atoms with Crippen LogP contribution in [-0.2, 0) is 9.53 Å². The Labute approximate surface area is 145 Å². The number of rotatable bonds is 10. The molecule has 0 atom stereocenters. The first kappa shape index (κ1) is 19.0. The highest BCUT2D eigenvalue weighted by Crippen LogP contribution is 2.24. The molecular formula is C19H23FO5. The van der Waals surface area contributed by atoms with Gasteiger partial charge in [0.15, 0.2) is 0 Å². The molecule has 0 spiro atoms. The van der Waals surface area contributed by atoms with Gasteiger partial charge in [-0.3, -0.25) is 4.79 Å². The average Bonchev–Trinajstić information content (AvgIpc) is 2.60. The van der Waals surface area contributed by atoms with E-state index in [1.165, 1.54) is 24.3 Å². The quantitative estimate of drug-likeness (QED) is 0.365. The van der Waals surface area contributed by atoms with Crippen LogP contribution in [0.4, 0.5) is 4.39 Å². The highest BCUT2D eigenvalue weighted by molar-refractivity contribution is 5.83. The highest BCUT2D eigenvalue weighted by Gasteiger charge is 2.08. The molecule has 0 radical (unpaired) electrons. The van der Waals surface area contributed by atoms with Gasteiger partial charge in [-0.1, -0.05) is 26.2 Å². The molecule has 0 saturated heterocycles. The predicted octanol–water partition coefficient (Wildman–Crippen LogP) is 4.21. The molecule has 2 rings (SSSR count). The number of fused-ring (bicyclic) bond motifs is 1. The molecular weight excluding hydrogens is 327 g/mol. The van der Waals surface area contributed by atoms with E-state index in [4.69, 9.17) is 13.9 Å². The molecule has 2 aromatic rings. The van der Waals surface area contributed by atoms with Crippen molar-refractivity contribution >= 4 is 16.9 Å². The summed E-state index contributed by atoms with van der Waals surface area (Å²) >= 11 is 0. The zero-order chi connectivity index (χ0) is 18.1. The van der Waals surface area contributed by atoms with E-state index in [0.29, 0.717) is 36.4 Å². The van der Waals surface area contributed by atoms with Crippen LogP contribution < -0.4 is 10.4 Å². The molecule has 0 saturated carbocycles. The maximum atomic E-state index is 13.4. The van der Waals surface area contributed by atoms with Crippen LogP contribution in [0.3, 0.4) is 0 Å². The van der Waals surface area contributed by atoms with Crippen LogP contribution in [0.1, 0.15) is 45.4 Å². The molecule has 0 N–H and O–H groups in total. The van der Waals surface area contributed by atoms with E-state index in [-0.39, 0.29) is 5.97 Å². The Bertz CT molecular complexity index is 753. The number of hydrogen-bond acceptors (Lipinski definition) is 5. The standard InChI is InChI=1S/C19H23FO5/c1-2-18(21)24-11-7-5-3-4-6-10-23-17-13-19(22)25-16-9-8-14(20)12-15(16)17/h8-9,12-13H,2-7,10-11H2,1H3. The smallest absolute Gasteiger partial charge is 0.339 e. The van der Waals surface area contributed by atoms with Gasteiger partial charge in [0, 0.05) is 6.42 Å². The van der Waals surface area contributed by atoms with Crippen LogP contribution in [0.25, 0.3) is 11.0 Å². The summed E-state index contributed by atoms with van der Waals surface area (Å²) in [5, 5.41) is 0.456. The summed E-state index contributed by atoms with van der Waals surface area (Å²) < 4.78 is 29.0. The Kier molecular flexibility index (Phi) is 7.44. The third kappa shape index (κ3) is 6.21. The lowest BCUT2D eigenvalue weighted by Crippen LogP contribution is -2.04. The predicted molar refractivity (Wildman–Crippen MR) is 92.3 cm³/mol. The highest BCUT2D eigenvalue weighted by atomic mass is 19.1. The van der Waals surface area contributed by atoms with Gasteiger partial charge in [-0.2, -0.15) is 0 Å². The topological polar surface area (TPSA) is 65.7 Å². The summed E-state index contributed by atoms with van der Waals surface area (Å²) in [5.74, 6) is -0.225. The number of carbonyl (C=O) groups excluding carboxylic acids is 1. The van der Waals surface area contributed by atoms with Crippen LogP contribution in [-0.4, -0.2) is 19.2 Å². The maximum absolute atomic E-state index is 13.4. The third-order valence-corrected chi connectivity index (χ3v) is 3.76. The number of esters is 1. The second kappa shape index (κ2) is 9.81. The Balaban J connectivity index is 1.70. The van der Waals surface area contributed by atoms with E-state index in [2.05, 4.69) is 0 Å². The molecule has 1 heterocycles. The largest absolute Gasteiger partial charge is 0.493 e. The van der Waals surface area contributed by atoms with Crippen molar-refractivity contribution in [3.63, 3.8) is 0 Å². The van der Waals surface area contributed by atoms with E-state index in [0.717, 1.165) is 32.1 Å². The molecule has 136 valence electrons. The van der Waals surface area contributed by atoms with Gasteiger partial charge in [0.2, 0.25) is 0 Å². The summed E-state index contributed by atoms with van der Waals surface area (Å²) in [6, 6.07) is 5.20. The molecule has 0 aliphatic heterocycles. The van der Waals surface area contributed by atoms with Gasteiger partial charge in [-0.15, -0.1) is 0 Å². The minimum absolute atomic E-state index is 0.163. The molecule has 25 heavy (non-hydrogen) atoms. The van der Waals surface area contributed by atoms with Gasteiger partial charge in [-0.25, -0.2) is 9.18 Å². The summed E-state index contributed by atoms with van der Waals surface area (Å²) in [4.78, 5) is 22.5. The van der Waals surface area contributed by atoms with Crippen molar-refractivity contribution in [2.45, 2.75) is 45.4 Å². The lowest BCUT2D eigenvalue weighted by molar-refractivity contribution is -0.143. The molecule has 6 heteroatoms. The van der Waals surface area contributed by atoms with E-state index in [9.17, 15) is 14.0 Å². The number of benzene rings is 1. The summed E-state index contributed by atoms with van der Waals surface area (Å²) in [7, 11) is 0. The second-order valence-electron chi connectivity index (χ2n) is 5.76. The van der Waals surface area contributed by atoms with Gasteiger partial charge in [-0.05, 0) is 31.0 Å². The fourth-order valence-electron chi connectivity index (χ4n) is 2.43. The van der Waals surface area contributed by atoms with Gasteiger partial charge >= 0.3 is 11.6 Å².